The summed E-state index contributed by atoms with van der Waals surface area (Å²) in [6.45, 7) is 4.22. The molecule has 25 heavy (non-hydrogen) atoms. The minimum Gasteiger partial charge on any atom is -0.484 e. The van der Waals surface area contributed by atoms with Gasteiger partial charge >= 0.3 is 0 Å². The molecule has 0 unspecified atom stereocenters. The van der Waals surface area contributed by atoms with E-state index in [-0.39, 0.29) is 12.5 Å². The summed E-state index contributed by atoms with van der Waals surface area (Å²) in [6.07, 6.45) is 2.57. The molecule has 0 bridgehead atoms. The van der Waals surface area contributed by atoms with Crippen LogP contribution in [0.4, 0.5) is 0 Å². The number of hydrazone groups is 1. The van der Waals surface area contributed by atoms with Gasteiger partial charge in [0.15, 0.2) is 6.61 Å². The molecule has 0 radical (unpaired) electrons. The molecule has 1 atom stereocenters. The van der Waals surface area contributed by atoms with Gasteiger partial charge in [-0.3, -0.25) is 4.79 Å². The molecular formula is C19H20Cl2N2O2. The van der Waals surface area contributed by atoms with E-state index in [9.17, 15) is 4.79 Å². The minimum atomic E-state index is -0.345. The smallest absolute Gasteiger partial charge is 0.277 e. The lowest BCUT2D eigenvalue weighted by atomic mass is 9.99. The zero-order valence-electron chi connectivity index (χ0n) is 14.1. The zero-order valence-corrected chi connectivity index (χ0v) is 15.6. The molecule has 4 nitrogen and oxygen atoms in total. The molecule has 0 aromatic heterocycles. The van der Waals surface area contributed by atoms with Crippen LogP contribution >= 0.6 is 23.2 Å². The lowest BCUT2D eigenvalue weighted by molar-refractivity contribution is -0.123. The van der Waals surface area contributed by atoms with Crippen molar-refractivity contribution >= 4 is 35.3 Å². The Bertz CT molecular complexity index is 746. The fraction of sp³-hybridized carbons (Fsp3) is 0.263. The molecule has 0 heterocycles. The summed E-state index contributed by atoms with van der Waals surface area (Å²) in [4.78, 5) is 11.8. The van der Waals surface area contributed by atoms with E-state index in [1.807, 2.05) is 24.3 Å². The Balaban J connectivity index is 1.80. The van der Waals surface area contributed by atoms with Crippen LogP contribution in [-0.2, 0) is 4.79 Å². The molecule has 2 aromatic carbocycles. The lowest BCUT2D eigenvalue weighted by Gasteiger charge is -2.10. The van der Waals surface area contributed by atoms with Crippen molar-refractivity contribution in [2.75, 3.05) is 6.61 Å². The van der Waals surface area contributed by atoms with E-state index < -0.39 is 0 Å². The van der Waals surface area contributed by atoms with Crippen molar-refractivity contribution in [2.45, 2.75) is 26.2 Å². The average molecular weight is 379 g/mol. The summed E-state index contributed by atoms with van der Waals surface area (Å²) in [5.41, 5.74) is 4.39. The molecule has 0 aliphatic carbocycles. The number of hydrogen-bond donors (Lipinski definition) is 1. The van der Waals surface area contributed by atoms with E-state index in [1.54, 1.807) is 18.2 Å². The Morgan fingerprint density at radius 1 is 1.20 bits per heavy atom. The van der Waals surface area contributed by atoms with Gasteiger partial charge in [-0.25, -0.2) is 5.43 Å². The van der Waals surface area contributed by atoms with Gasteiger partial charge in [0.2, 0.25) is 0 Å². The van der Waals surface area contributed by atoms with Crippen LogP contribution in [0.15, 0.2) is 47.6 Å². The van der Waals surface area contributed by atoms with Crippen molar-refractivity contribution < 1.29 is 9.53 Å². The molecule has 1 amide bonds. The SMILES string of the molecule is CC[C@H](C)c1ccc(OCC(=O)N/N=C/c2ccc(Cl)c(Cl)c2)cc1. The molecule has 1 N–H and O–H groups in total. The van der Waals surface area contributed by atoms with Crippen LogP contribution in [0, 0.1) is 0 Å². The number of nitrogens with one attached hydrogen (secondary N) is 1. The average Bonchev–Trinajstić information content (AvgIpc) is 2.62. The first kappa shape index (κ1) is 19.3. The first-order valence-electron chi connectivity index (χ1n) is 7.99. The number of rotatable bonds is 7. The summed E-state index contributed by atoms with van der Waals surface area (Å²) in [7, 11) is 0. The van der Waals surface area contributed by atoms with E-state index in [0.29, 0.717) is 21.7 Å². The van der Waals surface area contributed by atoms with E-state index in [0.717, 1.165) is 12.0 Å². The largest absolute Gasteiger partial charge is 0.484 e. The van der Waals surface area contributed by atoms with E-state index >= 15 is 0 Å². The van der Waals surface area contributed by atoms with Crippen molar-refractivity contribution in [1.82, 2.24) is 5.43 Å². The normalized spacial score (nSPS) is 12.2. The number of benzene rings is 2. The molecule has 0 fully saturated rings. The molecular weight excluding hydrogens is 359 g/mol. The number of ether oxygens (including phenoxy) is 1. The topological polar surface area (TPSA) is 50.7 Å². The fourth-order valence-electron chi connectivity index (χ4n) is 2.08. The van der Waals surface area contributed by atoms with Crippen LogP contribution in [0.2, 0.25) is 10.0 Å². The molecule has 0 aliphatic heterocycles. The second-order valence-corrected chi connectivity index (χ2v) is 6.45. The highest BCUT2D eigenvalue weighted by molar-refractivity contribution is 6.42. The Morgan fingerprint density at radius 3 is 2.56 bits per heavy atom. The van der Waals surface area contributed by atoms with Crippen LogP contribution in [0.1, 0.15) is 37.3 Å². The summed E-state index contributed by atoms with van der Waals surface area (Å²) in [6, 6.07) is 12.8. The molecule has 2 rings (SSSR count). The number of nitrogens with zero attached hydrogens (tertiary/aromatic N) is 1. The quantitative estimate of drug-likeness (QED) is 0.542. The molecule has 0 saturated heterocycles. The second kappa shape index (κ2) is 9.44. The van der Waals surface area contributed by atoms with Gasteiger partial charge in [0.1, 0.15) is 5.75 Å². The highest BCUT2D eigenvalue weighted by Crippen LogP contribution is 2.22. The van der Waals surface area contributed by atoms with Crippen LogP contribution in [0.25, 0.3) is 0 Å². The van der Waals surface area contributed by atoms with Gasteiger partial charge in [0.25, 0.3) is 5.91 Å². The van der Waals surface area contributed by atoms with Crippen molar-refractivity contribution in [3.05, 3.63) is 63.6 Å². The Labute approximate surface area is 157 Å². The number of carbonyl (C=O) groups excluding carboxylic acids is 1. The molecule has 0 spiro atoms. The molecule has 6 heteroatoms. The third kappa shape index (κ3) is 6.07. The Morgan fingerprint density at radius 2 is 1.92 bits per heavy atom. The highest BCUT2D eigenvalue weighted by atomic mass is 35.5. The lowest BCUT2D eigenvalue weighted by Crippen LogP contribution is -2.24. The maximum absolute atomic E-state index is 11.8. The van der Waals surface area contributed by atoms with Gasteiger partial charge in [-0.1, -0.05) is 55.2 Å². The third-order valence-electron chi connectivity index (χ3n) is 3.78. The number of carbonyl (C=O) groups is 1. The predicted molar refractivity (Wildman–Crippen MR) is 103 cm³/mol. The first-order chi connectivity index (χ1) is 12.0. The van der Waals surface area contributed by atoms with Crippen LogP contribution in [0.3, 0.4) is 0 Å². The number of halogens is 2. The van der Waals surface area contributed by atoms with Crippen LogP contribution in [0.5, 0.6) is 5.75 Å². The van der Waals surface area contributed by atoms with E-state index in [1.165, 1.54) is 11.8 Å². The Kier molecular flexibility index (Phi) is 7.29. The predicted octanol–water partition coefficient (Wildman–Crippen LogP) is 5.04. The number of hydrogen-bond acceptors (Lipinski definition) is 3. The summed E-state index contributed by atoms with van der Waals surface area (Å²) in [5.74, 6) is 0.811. The van der Waals surface area contributed by atoms with E-state index in [4.69, 9.17) is 27.9 Å². The summed E-state index contributed by atoms with van der Waals surface area (Å²) >= 11 is 11.7. The monoisotopic (exact) mass is 378 g/mol. The minimum absolute atomic E-state index is 0.110. The van der Waals surface area contributed by atoms with Gasteiger partial charge in [0, 0.05) is 0 Å². The maximum atomic E-state index is 11.8. The van der Waals surface area contributed by atoms with Crippen molar-refractivity contribution in [2.24, 2.45) is 5.10 Å². The fourth-order valence-corrected chi connectivity index (χ4v) is 2.39. The summed E-state index contributed by atoms with van der Waals surface area (Å²) in [5, 5.41) is 4.77. The van der Waals surface area contributed by atoms with E-state index in [2.05, 4.69) is 24.4 Å². The van der Waals surface area contributed by atoms with Crippen molar-refractivity contribution in [3.8, 4) is 5.75 Å². The van der Waals surface area contributed by atoms with Gasteiger partial charge in [-0.2, -0.15) is 5.10 Å². The second-order valence-electron chi connectivity index (χ2n) is 5.63. The van der Waals surface area contributed by atoms with Crippen molar-refractivity contribution in [3.63, 3.8) is 0 Å². The molecule has 132 valence electrons. The molecule has 0 aliphatic rings. The highest BCUT2D eigenvalue weighted by Gasteiger charge is 2.05. The zero-order chi connectivity index (χ0) is 18.2. The van der Waals surface area contributed by atoms with Gasteiger partial charge in [-0.05, 0) is 47.7 Å². The maximum Gasteiger partial charge on any atom is 0.277 e. The van der Waals surface area contributed by atoms with Gasteiger partial charge in [-0.15, -0.1) is 0 Å². The third-order valence-corrected chi connectivity index (χ3v) is 4.52. The molecule has 0 saturated carbocycles. The standard InChI is InChI=1S/C19H20Cl2N2O2/c1-3-13(2)15-5-7-16(8-6-15)25-12-19(24)23-22-11-14-4-9-17(20)18(21)10-14/h4-11,13H,3,12H2,1-2H3,(H,23,24)/b22-11+/t13-/m0/s1. The summed E-state index contributed by atoms with van der Waals surface area (Å²) < 4.78 is 5.45. The number of amides is 1. The first-order valence-corrected chi connectivity index (χ1v) is 8.75. The Hall–Kier alpha value is -2.04. The molecule has 2 aromatic rings. The van der Waals surface area contributed by atoms with Crippen LogP contribution in [-0.4, -0.2) is 18.7 Å². The van der Waals surface area contributed by atoms with Crippen molar-refractivity contribution in [1.29, 1.82) is 0 Å². The van der Waals surface area contributed by atoms with Crippen LogP contribution < -0.4 is 10.2 Å². The van der Waals surface area contributed by atoms with Gasteiger partial charge in [0.05, 0.1) is 16.3 Å². The van der Waals surface area contributed by atoms with Gasteiger partial charge < -0.3 is 4.74 Å².